The van der Waals surface area contributed by atoms with Crippen molar-refractivity contribution in [2.75, 3.05) is 6.61 Å². The first kappa shape index (κ1) is 21.9. The van der Waals surface area contributed by atoms with Gasteiger partial charge in [-0.15, -0.1) is 0 Å². The van der Waals surface area contributed by atoms with Crippen molar-refractivity contribution < 1.29 is 10.1 Å². The molecule has 0 amide bonds. The molecule has 0 fully saturated rings. The molecule has 0 aromatic rings. The van der Waals surface area contributed by atoms with Gasteiger partial charge in [-0.05, 0) is 11.7 Å². The van der Waals surface area contributed by atoms with Crippen LogP contribution in [0.5, 0.6) is 0 Å². The molecule has 0 aromatic carbocycles. The number of hydrogen-bond donors (Lipinski definition) is 0. The zero-order chi connectivity index (χ0) is 16.1. The highest BCUT2D eigenvalue weighted by molar-refractivity contribution is 4.50. The first-order valence-electron chi connectivity index (χ1n) is 10.2. The van der Waals surface area contributed by atoms with Crippen molar-refractivity contribution in [1.29, 1.82) is 0 Å². The highest BCUT2D eigenvalue weighted by atomic mass is 17.1. The van der Waals surface area contributed by atoms with Gasteiger partial charge in [-0.3, -0.25) is 0 Å². The van der Waals surface area contributed by atoms with E-state index in [2.05, 4.69) is 11.8 Å². The van der Waals surface area contributed by atoms with Crippen LogP contribution in [-0.4, -0.2) is 6.61 Å². The van der Waals surface area contributed by atoms with Gasteiger partial charge in [0.15, 0.2) is 0 Å². The van der Waals surface area contributed by atoms with Crippen LogP contribution < -0.4 is 0 Å². The van der Waals surface area contributed by atoms with Gasteiger partial charge in [-0.2, -0.15) is 0 Å². The van der Waals surface area contributed by atoms with E-state index in [9.17, 15) is 5.26 Å². The summed E-state index contributed by atoms with van der Waals surface area (Å²) in [4.78, 5) is 3.82. The molecule has 1 radical (unpaired) electrons. The van der Waals surface area contributed by atoms with E-state index in [1.807, 2.05) is 0 Å². The third kappa shape index (κ3) is 19.9. The van der Waals surface area contributed by atoms with Crippen LogP contribution in [0.4, 0.5) is 0 Å². The summed E-state index contributed by atoms with van der Waals surface area (Å²) in [5.41, 5.74) is 0. The summed E-state index contributed by atoms with van der Waals surface area (Å²) in [6, 6.07) is 0. The van der Waals surface area contributed by atoms with Gasteiger partial charge in [0.25, 0.3) is 0 Å². The van der Waals surface area contributed by atoms with Crippen molar-refractivity contribution in [1.82, 2.24) is 0 Å². The van der Waals surface area contributed by atoms with Crippen LogP contribution in [-0.2, 0) is 10.1 Å². The molecule has 0 atom stereocenters. The SMILES string of the molecule is CCCCCCCCCCCCCCCCCCCCO[O]. The van der Waals surface area contributed by atoms with E-state index in [-0.39, 0.29) is 0 Å². The Labute approximate surface area is 140 Å². The molecule has 0 aliphatic heterocycles. The Morgan fingerprint density at radius 2 is 0.727 bits per heavy atom. The molecule has 2 heteroatoms. The maximum absolute atomic E-state index is 9.80. The topological polar surface area (TPSA) is 29.1 Å². The minimum Gasteiger partial charge on any atom is -0.204 e. The van der Waals surface area contributed by atoms with Gasteiger partial charge in [-0.1, -0.05) is 116 Å². The lowest BCUT2D eigenvalue weighted by Gasteiger charge is -2.03. The molecule has 0 bridgehead atoms. The molecule has 0 rings (SSSR count). The average molecular weight is 314 g/mol. The van der Waals surface area contributed by atoms with Crippen LogP contribution in [0.1, 0.15) is 122 Å². The highest BCUT2D eigenvalue weighted by Crippen LogP contribution is 2.14. The molecular formula is C20H41O2. The molecule has 22 heavy (non-hydrogen) atoms. The highest BCUT2D eigenvalue weighted by Gasteiger charge is 1.95. The van der Waals surface area contributed by atoms with Crippen molar-refractivity contribution in [2.24, 2.45) is 0 Å². The van der Waals surface area contributed by atoms with E-state index >= 15 is 0 Å². The molecule has 0 unspecified atom stereocenters. The van der Waals surface area contributed by atoms with Crippen molar-refractivity contribution in [3.8, 4) is 0 Å². The predicted octanol–water partition coefficient (Wildman–Crippen LogP) is 7.39. The van der Waals surface area contributed by atoms with Gasteiger partial charge in [0.1, 0.15) is 0 Å². The van der Waals surface area contributed by atoms with Gasteiger partial charge < -0.3 is 0 Å². The largest absolute Gasteiger partial charge is 0.204 e. The second kappa shape index (κ2) is 20.9. The standard InChI is InChI=1S/C20H41O2/c1-2-3-4-5-6-7-8-9-10-11-12-13-14-15-16-17-18-19-20-22-21/h2-20H2,1H3. The van der Waals surface area contributed by atoms with Crippen LogP contribution in [0.25, 0.3) is 0 Å². The monoisotopic (exact) mass is 313 g/mol. The Bertz CT molecular complexity index is 163. The summed E-state index contributed by atoms with van der Waals surface area (Å²) < 4.78 is 0. The summed E-state index contributed by atoms with van der Waals surface area (Å²) in [5, 5.41) is 9.80. The molecule has 133 valence electrons. The van der Waals surface area contributed by atoms with Crippen molar-refractivity contribution in [3.05, 3.63) is 0 Å². The summed E-state index contributed by atoms with van der Waals surface area (Å²) in [6.45, 7) is 2.67. The summed E-state index contributed by atoms with van der Waals surface area (Å²) in [5.74, 6) is 0. The summed E-state index contributed by atoms with van der Waals surface area (Å²) in [7, 11) is 0. The van der Waals surface area contributed by atoms with Crippen LogP contribution >= 0.6 is 0 Å². The summed E-state index contributed by atoms with van der Waals surface area (Å²) >= 11 is 0. The van der Waals surface area contributed by atoms with E-state index in [1.165, 1.54) is 103 Å². The second-order valence-electron chi connectivity index (χ2n) is 6.83. The van der Waals surface area contributed by atoms with E-state index in [1.54, 1.807) is 0 Å². The molecule has 0 saturated heterocycles. The lowest BCUT2D eigenvalue weighted by atomic mass is 10.0. The average Bonchev–Trinajstić information content (AvgIpc) is 2.54. The van der Waals surface area contributed by atoms with Crippen LogP contribution in [0.15, 0.2) is 0 Å². The van der Waals surface area contributed by atoms with E-state index < -0.39 is 0 Å². The molecule has 0 spiro atoms. The normalized spacial score (nSPS) is 11.2. The molecule has 0 aromatic heterocycles. The third-order valence-electron chi connectivity index (χ3n) is 4.58. The number of rotatable bonds is 19. The van der Waals surface area contributed by atoms with E-state index in [4.69, 9.17) is 0 Å². The number of unbranched alkanes of at least 4 members (excludes halogenated alkanes) is 17. The Morgan fingerprint density at radius 3 is 1.00 bits per heavy atom. The van der Waals surface area contributed by atoms with Crippen molar-refractivity contribution in [3.63, 3.8) is 0 Å². The Hall–Kier alpha value is -0.0800. The molecule has 2 nitrogen and oxygen atoms in total. The third-order valence-corrected chi connectivity index (χ3v) is 4.58. The molecule has 0 saturated carbocycles. The Morgan fingerprint density at radius 1 is 0.455 bits per heavy atom. The quantitative estimate of drug-likeness (QED) is 0.139. The maximum atomic E-state index is 9.80. The van der Waals surface area contributed by atoms with Gasteiger partial charge in [0.05, 0.1) is 6.61 Å². The molecule has 0 heterocycles. The van der Waals surface area contributed by atoms with Gasteiger partial charge >= 0.3 is 0 Å². The van der Waals surface area contributed by atoms with E-state index in [0.29, 0.717) is 6.61 Å². The summed E-state index contributed by atoms with van der Waals surface area (Å²) in [6.07, 6.45) is 24.7. The van der Waals surface area contributed by atoms with E-state index in [0.717, 1.165) is 12.8 Å². The minimum absolute atomic E-state index is 0.388. The fourth-order valence-corrected chi connectivity index (χ4v) is 3.06. The minimum atomic E-state index is 0.388. The maximum Gasteiger partial charge on any atom is 0.0854 e. The Kier molecular flexibility index (Phi) is 20.8. The zero-order valence-electron chi connectivity index (χ0n) is 15.3. The number of hydrogen-bond acceptors (Lipinski definition) is 1. The molecular weight excluding hydrogens is 272 g/mol. The fourth-order valence-electron chi connectivity index (χ4n) is 3.06. The molecule has 0 N–H and O–H groups in total. The van der Waals surface area contributed by atoms with Crippen LogP contribution in [0, 0.1) is 0 Å². The van der Waals surface area contributed by atoms with Crippen molar-refractivity contribution in [2.45, 2.75) is 122 Å². The second-order valence-corrected chi connectivity index (χ2v) is 6.83. The van der Waals surface area contributed by atoms with Gasteiger partial charge in [-0.25, -0.2) is 4.89 Å². The smallest absolute Gasteiger partial charge is 0.0854 e. The molecule has 0 aliphatic carbocycles. The first-order valence-corrected chi connectivity index (χ1v) is 10.2. The lowest BCUT2D eigenvalue weighted by molar-refractivity contribution is -0.303. The fraction of sp³-hybridized carbons (Fsp3) is 1.00. The van der Waals surface area contributed by atoms with Gasteiger partial charge in [0.2, 0.25) is 0 Å². The molecule has 0 aliphatic rings. The zero-order valence-corrected chi connectivity index (χ0v) is 15.3. The lowest BCUT2D eigenvalue weighted by Crippen LogP contribution is -1.88. The van der Waals surface area contributed by atoms with Crippen molar-refractivity contribution >= 4 is 0 Å². The van der Waals surface area contributed by atoms with Crippen LogP contribution in [0.3, 0.4) is 0 Å². The van der Waals surface area contributed by atoms with Crippen LogP contribution in [0.2, 0.25) is 0 Å². The first-order chi connectivity index (χ1) is 10.9. The van der Waals surface area contributed by atoms with Gasteiger partial charge in [0, 0.05) is 0 Å². The Balaban J connectivity index is 2.91. The predicted molar refractivity (Wildman–Crippen MR) is 95.4 cm³/mol.